The molecule has 0 bridgehead atoms. The molecule has 1 saturated heterocycles. The Hall–Kier alpha value is -0.680. The molecular formula is C9H16N4S. The van der Waals surface area contributed by atoms with Crippen molar-refractivity contribution in [1.29, 1.82) is 0 Å². The Bertz CT molecular complexity index is 350. The number of rotatable bonds is 4. The van der Waals surface area contributed by atoms with Crippen LogP contribution in [0.25, 0.3) is 0 Å². The van der Waals surface area contributed by atoms with Gasteiger partial charge in [-0.25, -0.2) is 0 Å². The smallest absolute Gasteiger partial charge is 0.195 e. The Kier molecular flexibility index (Phi) is 2.98. The SMILES string of the molecule is CCCCn1c(C2CNC2)n[nH]c1=S. The first-order valence-corrected chi connectivity index (χ1v) is 5.59. The lowest BCUT2D eigenvalue weighted by Gasteiger charge is -2.26. The number of hydrogen-bond acceptors (Lipinski definition) is 3. The predicted molar refractivity (Wildman–Crippen MR) is 57.9 cm³/mol. The number of aromatic amines is 1. The summed E-state index contributed by atoms with van der Waals surface area (Å²) in [5.41, 5.74) is 0. The molecule has 0 spiro atoms. The Labute approximate surface area is 88.7 Å². The van der Waals surface area contributed by atoms with E-state index in [9.17, 15) is 0 Å². The van der Waals surface area contributed by atoms with Crippen molar-refractivity contribution in [1.82, 2.24) is 20.1 Å². The highest BCUT2D eigenvalue weighted by molar-refractivity contribution is 7.71. The Balaban J connectivity index is 2.17. The molecule has 0 amide bonds. The van der Waals surface area contributed by atoms with Gasteiger partial charge in [0, 0.05) is 25.6 Å². The number of unbranched alkanes of at least 4 members (excludes halogenated alkanes) is 1. The van der Waals surface area contributed by atoms with E-state index in [1.165, 1.54) is 12.8 Å². The van der Waals surface area contributed by atoms with Gasteiger partial charge in [-0.05, 0) is 18.6 Å². The van der Waals surface area contributed by atoms with E-state index in [2.05, 4.69) is 27.0 Å². The molecule has 0 aromatic carbocycles. The second kappa shape index (κ2) is 4.23. The van der Waals surface area contributed by atoms with Gasteiger partial charge < -0.3 is 9.88 Å². The summed E-state index contributed by atoms with van der Waals surface area (Å²) >= 11 is 5.20. The van der Waals surface area contributed by atoms with Gasteiger partial charge in [-0.2, -0.15) is 5.10 Å². The van der Waals surface area contributed by atoms with Crippen molar-refractivity contribution in [3.05, 3.63) is 10.6 Å². The summed E-state index contributed by atoms with van der Waals surface area (Å²) in [6.45, 7) is 5.25. The first-order chi connectivity index (χ1) is 6.83. The maximum Gasteiger partial charge on any atom is 0.195 e. The average molecular weight is 212 g/mol. The topological polar surface area (TPSA) is 45.6 Å². The zero-order valence-corrected chi connectivity index (χ0v) is 9.23. The van der Waals surface area contributed by atoms with Crippen LogP contribution in [0.15, 0.2) is 0 Å². The van der Waals surface area contributed by atoms with Crippen molar-refractivity contribution in [3.63, 3.8) is 0 Å². The van der Waals surface area contributed by atoms with Gasteiger partial charge >= 0.3 is 0 Å². The van der Waals surface area contributed by atoms with E-state index in [1.54, 1.807) is 0 Å². The second-order valence-corrected chi connectivity index (χ2v) is 4.13. The van der Waals surface area contributed by atoms with Gasteiger partial charge in [-0.15, -0.1) is 0 Å². The van der Waals surface area contributed by atoms with Gasteiger partial charge in [0.1, 0.15) is 5.82 Å². The van der Waals surface area contributed by atoms with E-state index in [0.29, 0.717) is 5.92 Å². The van der Waals surface area contributed by atoms with Crippen LogP contribution in [-0.4, -0.2) is 27.9 Å². The minimum absolute atomic E-state index is 0.555. The van der Waals surface area contributed by atoms with Crippen LogP contribution in [0.1, 0.15) is 31.5 Å². The van der Waals surface area contributed by atoms with Crippen molar-refractivity contribution in [2.45, 2.75) is 32.2 Å². The van der Waals surface area contributed by atoms with E-state index >= 15 is 0 Å². The van der Waals surface area contributed by atoms with Gasteiger partial charge in [-0.3, -0.25) is 5.10 Å². The van der Waals surface area contributed by atoms with Gasteiger partial charge in [0.25, 0.3) is 0 Å². The quantitative estimate of drug-likeness (QED) is 0.742. The van der Waals surface area contributed by atoms with Crippen LogP contribution in [0.2, 0.25) is 0 Å². The molecule has 1 aromatic heterocycles. The first-order valence-electron chi connectivity index (χ1n) is 5.18. The van der Waals surface area contributed by atoms with Gasteiger partial charge in [0.15, 0.2) is 4.77 Å². The fourth-order valence-electron chi connectivity index (χ4n) is 1.65. The molecule has 4 nitrogen and oxygen atoms in total. The summed E-state index contributed by atoms with van der Waals surface area (Å²) in [6.07, 6.45) is 2.36. The molecule has 2 N–H and O–H groups in total. The minimum atomic E-state index is 0.555. The molecule has 1 aliphatic rings. The number of nitrogens with one attached hydrogen (secondary N) is 2. The van der Waals surface area contributed by atoms with Crippen molar-refractivity contribution < 1.29 is 0 Å². The summed E-state index contributed by atoms with van der Waals surface area (Å²) in [5, 5.41) is 10.4. The third-order valence-electron chi connectivity index (χ3n) is 2.67. The van der Waals surface area contributed by atoms with Gasteiger partial charge in [0.05, 0.1) is 0 Å². The summed E-state index contributed by atoms with van der Waals surface area (Å²) in [7, 11) is 0. The van der Waals surface area contributed by atoms with E-state index in [0.717, 1.165) is 30.2 Å². The van der Waals surface area contributed by atoms with E-state index in [-0.39, 0.29) is 0 Å². The van der Waals surface area contributed by atoms with Gasteiger partial charge in [-0.1, -0.05) is 13.3 Å². The molecular weight excluding hydrogens is 196 g/mol. The van der Waals surface area contributed by atoms with Gasteiger partial charge in [0.2, 0.25) is 0 Å². The van der Waals surface area contributed by atoms with E-state index < -0.39 is 0 Å². The van der Waals surface area contributed by atoms with Crippen LogP contribution in [0.5, 0.6) is 0 Å². The van der Waals surface area contributed by atoms with E-state index in [4.69, 9.17) is 12.2 Å². The monoisotopic (exact) mass is 212 g/mol. The van der Waals surface area contributed by atoms with Crippen molar-refractivity contribution in [2.24, 2.45) is 0 Å². The van der Waals surface area contributed by atoms with E-state index in [1.807, 2.05) is 0 Å². The molecule has 0 aliphatic carbocycles. The molecule has 0 saturated carbocycles. The normalized spacial score (nSPS) is 16.9. The van der Waals surface area contributed by atoms with Crippen LogP contribution < -0.4 is 5.32 Å². The third kappa shape index (κ3) is 1.74. The lowest BCUT2D eigenvalue weighted by atomic mass is 10.0. The Morgan fingerprint density at radius 1 is 1.57 bits per heavy atom. The number of nitrogens with zero attached hydrogens (tertiary/aromatic N) is 2. The molecule has 0 unspecified atom stereocenters. The molecule has 2 rings (SSSR count). The molecule has 1 aromatic rings. The van der Waals surface area contributed by atoms with Crippen LogP contribution in [0.3, 0.4) is 0 Å². The fourth-order valence-corrected chi connectivity index (χ4v) is 1.88. The largest absolute Gasteiger partial charge is 0.315 e. The zero-order valence-electron chi connectivity index (χ0n) is 8.42. The number of H-pyrrole nitrogens is 1. The Morgan fingerprint density at radius 2 is 2.36 bits per heavy atom. The molecule has 1 aliphatic heterocycles. The maximum atomic E-state index is 5.20. The maximum absolute atomic E-state index is 5.20. The highest BCUT2D eigenvalue weighted by atomic mass is 32.1. The highest BCUT2D eigenvalue weighted by Gasteiger charge is 2.24. The van der Waals surface area contributed by atoms with Crippen LogP contribution in [0, 0.1) is 4.77 Å². The van der Waals surface area contributed by atoms with Crippen LogP contribution in [-0.2, 0) is 6.54 Å². The van der Waals surface area contributed by atoms with Crippen molar-refractivity contribution in [3.8, 4) is 0 Å². The molecule has 1 fully saturated rings. The summed E-state index contributed by atoms with van der Waals surface area (Å²) in [4.78, 5) is 0. The lowest BCUT2D eigenvalue weighted by molar-refractivity contribution is 0.410. The molecule has 0 atom stereocenters. The summed E-state index contributed by atoms with van der Waals surface area (Å²) in [5.74, 6) is 1.68. The fraction of sp³-hybridized carbons (Fsp3) is 0.778. The van der Waals surface area contributed by atoms with Crippen molar-refractivity contribution in [2.75, 3.05) is 13.1 Å². The minimum Gasteiger partial charge on any atom is -0.315 e. The molecule has 0 radical (unpaired) electrons. The molecule has 14 heavy (non-hydrogen) atoms. The zero-order chi connectivity index (χ0) is 9.97. The first kappa shape index (κ1) is 9.86. The molecule has 2 heterocycles. The lowest BCUT2D eigenvalue weighted by Crippen LogP contribution is -2.41. The molecule has 78 valence electrons. The second-order valence-electron chi connectivity index (χ2n) is 3.75. The summed E-state index contributed by atoms with van der Waals surface area (Å²) in [6, 6.07) is 0. The number of aromatic nitrogens is 3. The third-order valence-corrected chi connectivity index (χ3v) is 2.98. The average Bonchev–Trinajstić information content (AvgIpc) is 2.42. The molecule has 5 heteroatoms. The van der Waals surface area contributed by atoms with Crippen LogP contribution in [0.4, 0.5) is 0 Å². The number of hydrogen-bond donors (Lipinski definition) is 2. The predicted octanol–water partition coefficient (Wildman–Crippen LogP) is 1.43. The highest BCUT2D eigenvalue weighted by Crippen LogP contribution is 2.18. The summed E-state index contributed by atoms with van der Waals surface area (Å²) < 4.78 is 2.91. The van der Waals surface area contributed by atoms with Crippen LogP contribution >= 0.6 is 12.2 Å². The van der Waals surface area contributed by atoms with Crippen molar-refractivity contribution >= 4 is 12.2 Å². The Morgan fingerprint density at radius 3 is 2.93 bits per heavy atom. The standard InChI is InChI=1S/C9H16N4S/c1-2-3-4-13-8(7-5-10-6-7)11-12-9(13)14/h7,10H,2-6H2,1H3,(H,12,14).